The molecule has 4 heteroatoms. The van der Waals surface area contributed by atoms with Crippen molar-refractivity contribution in [2.45, 2.75) is 25.9 Å². The van der Waals surface area contributed by atoms with E-state index < -0.39 is 11.6 Å². The molecule has 1 aliphatic rings. The van der Waals surface area contributed by atoms with Gasteiger partial charge in [-0.15, -0.1) is 0 Å². The van der Waals surface area contributed by atoms with Gasteiger partial charge in [0.2, 0.25) is 0 Å². The van der Waals surface area contributed by atoms with E-state index in [1.54, 1.807) is 18.2 Å². The number of ketones is 1. The number of benzene rings is 1. The van der Waals surface area contributed by atoms with Crippen molar-refractivity contribution in [2.24, 2.45) is 0 Å². The Bertz CT molecular complexity index is 488. The average molecular weight is 234 g/mol. The molecule has 0 fully saturated rings. The van der Waals surface area contributed by atoms with E-state index in [1.165, 1.54) is 7.11 Å². The number of para-hydroxylation sites is 1. The summed E-state index contributed by atoms with van der Waals surface area (Å²) in [7, 11) is 1.30. The van der Waals surface area contributed by atoms with Gasteiger partial charge in [-0.05, 0) is 26.0 Å². The van der Waals surface area contributed by atoms with E-state index in [9.17, 15) is 9.59 Å². The first-order chi connectivity index (χ1) is 7.94. The van der Waals surface area contributed by atoms with Gasteiger partial charge in [0.1, 0.15) is 16.9 Å². The van der Waals surface area contributed by atoms with Gasteiger partial charge >= 0.3 is 5.97 Å². The standard InChI is InChI=1S/C13H14O4/c1-13(2)7-10(14)8-5-4-6-9(11(8)17-13)12(15)16-3/h4-6H,7H2,1-3H3. The molecule has 0 saturated heterocycles. The van der Waals surface area contributed by atoms with Crippen molar-refractivity contribution in [1.82, 2.24) is 0 Å². The van der Waals surface area contributed by atoms with Crippen molar-refractivity contribution in [3.8, 4) is 5.75 Å². The molecule has 0 aliphatic carbocycles. The molecule has 0 amide bonds. The normalized spacial score (nSPS) is 17.0. The number of carbonyl (C=O) groups excluding carboxylic acids is 2. The molecule has 1 heterocycles. The summed E-state index contributed by atoms with van der Waals surface area (Å²) in [5.41, 5.74) is 0.159. The van der Waals surface area contributed by atoms with Crippen LogP contribution in [0, 0.1) is 0 Å². The molecular weight excluding hydrogens is 220 g/mol. The number of esters is 1. The predicted molar refractivity (Wildman–Crippen MR) is 61.4 cm³/mol. The van der Waals surface area contributed by atoms with Crippen molar-refractivity contribution < 1.29 is 19.1 Å². The van der Waals surface area contributed by atoms with Crippen LogP contribution in [0.3, 0.4) is 0 Å². The molecular formula is C13H14O4. The van der Waals surface area contributed by atoms with Gasteiger partial charge < -0.3 is 9.47 Å². The molecule has 1 aliphatic heterocycles. The van der Waals surface area contributed by atoms with E-state index in [4.69, 9.17) is 4.74 Å². The Morgan fingerprint density at radius 3 is 2.76 bits per heavy atom. The summed E-state index contributed by atoms with van der Waals surface area (Å²) in [4.78, 5) is 23.5. The molecule has 2 rings (SSSR count). The summed E-state index contributed by atoms with van der Waals surface area (Å²) in [5.74, 6) is -0.171. The fourth-order valence-electron chi connectivity index (χ4n) is 1.93. The lowest BCUT2D eigenvalue weighted by Crippen LogP contribution is -2.36. The smallest absolute Gasteiger partial charge is 0.341 e. The summed E-state index contributed by atoms with van der Waals surface area (Å²) in [6, 6.07) is 4.92. The Hall–Kier alpha value is -1.84. The lowest BCUT2D eigenvalue weighted by molar-refractivity contribution is 0.0539. The van der Waals surface area contributed by atoms with Crippen LogP contribution in [0.2, 0.25) is 0 Å². The summed E-state index contributed by atoms with van der Waals surface area (Å²) >= 11 is 0. The number of methoxy groups -OCH3 is 1. The number of rotatable bonds is 1. The molecule has 90 valence electrons. The van der Waals surface area contributed by atoms with Gasteiger partial charge in [-0.2, -0.15) is 0 Å². The first-order valence-corrected chi connectivity index (χ1v) is 5.38. The lowest BCUT2D eigenvalue weighted by Gasteiger charge is -2.32. The van der Waals surface area contributed by atoms with E-state index in [-0.39, 0.29) is 5.78 Å². The highest BCUT2D eigenvalue weighted by molar-refractivity contribution is 6.04. The molecule has 0 N–H and O–H groups in total. The van der Waals surface area contributed by atoms with Crippen molar-refractivity contribution in [3.05, 3.63) is 29.3 Å². The van der Waals surface area contributed by atoms with Crippen molar-refractivity contribution in [3.63, 3.8) is 0 Å². The second-order valence-electron chi connectivity index (χ2n) is 4.64. The highest BCUT2D eigenvalue weighted by Crippen LogP contribution is 2.35. The SMILES string of the molecule is COC(=O)c1cccc2c1OC(C)(C)CC2=O. The van der Waals surface area contributed by atoms with Crippen LogP contribution in [0.15, 0.2) is 18.2 Å². The molecule has 1 aromatic carbocycles. The maximum absolute atomic E-state index is 11.9. The van der Waals surface area contributed by atoms with Crippen molar-refractivity contribution in [1.29, 1.82) is 0 Å². The summed E-state index contributed by atoms with van der Waals surface area (Å²) in [6.07, 6.45) is 0.310. The van der Waals surface area contributed by atoms with Crippen LogP contribution >= 0.6 is 0 Å². The number of Topliss-reactive ketones (excluding diaryl/α,β-unsaturated/α-hetero) is 1. The number of ether oxygens (including phenoxy) is 2. The minimum atomic E-state index is -0.589. The van der Waals surface area contributed by atoms with E-state index in [0.29, 0.717) is 23.3 Å². The molecule has 0 aromatic heterocycles. The van der Waals surface area contributed by atoms with Gasteiger partial charge in [-0.3, -0.25) is 4.79 Å². The second-order valence-corrected chi connectivity index (χ2v) is 4.64. The Morgan fingerprint density at radius 2 is 2.12 bits per heavy atom. The number of hydrogen-bond donors (Lipinski definition) is 0. The molecule has 4 nitrogen and oxygen atoms in total. The van der Waals surface area contributed by atoms with Crippen LogP contribution in [-0.2, 0) is 4.74 Å². The zero-order chi connectivity index (χ0) is 12.6. The van der Waals surface area contributed by atoms with Crippen molar-refractivity contribution in [2.75, 3.05) is 7.11 Å². The third-order valence-corrected chi connectivity index (χ3v) is 2.69. The largest absolute Gasteiger partial charge is 0.486 e. The Labute approximate surface area is 99.5 Å². The minimum Gasteiger partial charge on any atom is -0.486 e. The third-order valence-electron chi connectivity index (χ3n) is 2.69. The van der Waals surface area contributed by atoms with Gasteiger partial charge in [-0.25, -0.2) is 4.79 Å². The van der Waals surface area contributed by atoms with Crippen molar-refractivity contribution >= 4 is 11.8 Å². The molecule has 17 heavy (non-hydrogen) atoms. The maximum Gasteiger partial charge on any atom is 0.341 e. The van der Waals surface area contributed by atoms with Crippen LogP contribution in [-0.4, -0.2) is 24.5 Å². The third kappa shape index (κ3) is 2.02. The van der Waals surface area contributed by atoms with Crippen LogP contribution in [0.1, 0.15) is 41.0 Å². The van der Waals surface area contributed by atoms with Gasteiger partial charge in [-0.1, -0.05) is 6.07 Å². The summed E-state index contributed by atoms with van der Waals surface area (Å²) < 4.78 is 10.4. The zero-order valence-electron chi connectivity index (χ0n) is 10.1. The predicted octanol–water partition coefficient (Wildman–Crippen LogP) is 2.22. The van der Waals surface area contributed by atoms with Gasteiger partial charge in [0.25, 0.3) is 0 Å². The number of carbonyl (C=O) groups is 2. The molecule has 0 spiro atoms. The first kappa shape index (κ1) is 11.6. The monoisotopic (exact) mass is 234 g/mol. The van der Waals surface area contributed by atoms with E-state index in [1.807, 2.05) is 13.8 Å². The van der Waals surface area contributed by atoms with E-state index in [0.717, 1.165) is 0 Å². The molecule has 1 aromatic rings. The Kier molecular flexibility index (Phi) is 2.65. The molecule has 0 saturated carbocycles. The van der Waals surface area contributed by atoms with Gasteiger partial charge in [0.15, 0.2) is 5.78 Å². The second kappa shape index (κ2) is 3.87. The van der Waals surface area contributed by atoms with Crippen LogP contribution in [0.5, 0.6) is 5.75 Å². The van der Waals surface area contributed by atoms with Gasteiger partial charge in [0, 0.05) is 0 Å². The van der Waals surface area contributed by atoms with E-state index in [2.05, 4.69) is 4.74 Å². The maximum atomic E-state index is 11.9. The lowest BCUT2D eigenvalue weighted by atomic mass is 9.91. The molecule has 0 unspecified atom stereocenters. The van der Waals surface area contributed by atoms with Crippen LogP contribution < -0.4 is 4.74 Å². The zero-order valence-corrected chi connectivity index (χ0v) is 10.1. The average Bonchev–Trinajstić information content (AvgIpc) is 2.26. The number of fused-ring (bicyclic) bond motifs is 1. The first-order valence-electron chi connectivity index (χ1n) is 5.38. The Morgan fingerprint density at radius 1 is 1.41 bits per heavy atom. The fourth-order valence-corrected chi connectivity index (χ4v) is 1.93. The Balaban J connectivity index is 2.57. The minimum absolute atomic E-state index is 0.0120. The molecule has 0 atom stereocenters. The topological polar surface area (TPSA) is 52.6 Å². The highest BCUT2D eigenvalue weighted by Gasteiger charge is 2.35. The highest BCUT2D eigenvalue weighted by atomic mass is 16.5. The van der Waals surface area contributed by atoms with E-state index >= 15 is 0 Å². The summed E-state index contributed by atoms with van der Waals surface area (Å²) in [5, 5.41) is 0. The summed E-state index contributed by atoms with van der Waals surface area (Å²) in [6.45, 7) is 3.64. The molecule has 0 radical (unpaired) electrons. The van der Waals surface area contributed by atoms with Crippen LogP contribution in [0.25, 0.3) is 0 Å². The molecule has 0 bridgehead atoms. The van der Waals surface area contributed by atoms with Gasteiger partial charge in [0.05, 0.1) is 19.1 Å². The van der Waals surface area contributed by atoms with Crippen LogP contribution in [0.4, 0.5) is 0 Å². The fraction of sp³-hybridized carbons (Fsp3) is 0.385. The quantitative estimate of drug-likeness (QED) is 0.699. The number of hydrogen-bond acceptors (Lipinski definition) is 4.